The van der Waals surface area contributed by atoms with E-state index in [0.29, 0.717) is 0 Å². The lowest BCUT2D eigenvalue weighted by atomic mass is 9.88. The van der Waals surface area contributed by atoms with Crippen molar-refractivity contribution in [3.63, 3.8) is 0 Å². The summed E-state index contributed by atoms with van der Waals surface area (Å²) in [6.45, 7) is 2.27. The molecule has 2 bridgehead atoms. The molecular weight excluding hydrogens is 288 g/mol. The molecule has 3 heteroatoms. The van der Waals surface area contributed by atoms with Gasteiger partial charge in [-0.05, 0) is 71.6 Å². The van der Waals surface area contributed by atoms with E-state index in [2.05, 4.69) is 38.9 Å². The van der Waals surface area contributed by atoms with Gasteiger partial charge >= 0.3 is 0 Å². The first-order valence-corrected chi connectivity index (χ1v) is 7.78. The Morgan fingerprint density at radius 1 is 1.33 bits per heavy atom. The van der Waals surface area contributed by atoms with Gasteiger partial charge in [0.2, 0.25) is 0 Å². The number of nitrogens with zero attached hydrogens (tertiary/aromatic N) is 2. The van der Waals surface area contributed by atoms with Crippen molar-refractivity contribution < 1.29 is 0 Å². The Morgan fingerprint density at radius 2 is 2.22 bits per heavy atom. The summed E-state index contributed by atoms with van der Waals surface area (Å²) in [5.41, 5.74) is 1.30. The topological polar surface area (TPSA) is 16.1 Å². The van der Waals surface area contributed by atoms with Crippen LogP contribution in [0.15, 0.2) is 22.9 Å². The van der Waals surface area contributed by atoms with E-state index < -0.39 is 0 Å². The Bertz CT molecular complexity index is 421. The highest BCUT2D eigenvalue weighted by Crippen LogP contribution is 2.48. The second-order valence-corrected chi connectivity index (χ2v) is 7.06. The molecule has 3 unspecified atom stereocenters. The molecule has 2 fully saturated rings. The summed E-state index contributed by atoms with van der Waals surface area (Å²) in [7, 11) is 2.24. The van der Waals surface area contributed by atoms with Crippen molar-refractivity contribution in [1.29, 1.82) is 0 Å². The number of hydrogen-bond acceptors (Lipinski definition) is 2. The molecule has 2 aliphatic carbocycles. The summed E-state index contributed by atoms with van der Waals surface area (Å²) in [4.78, 5) is 6.70. The normalized spacial score (nSPS) is 30.3. The molecule has 0 saturated heterocycles. The number of halogens is 1. The summed E-state index contributed by atoms with van der Waals surface area (Å²) in [6.07, 6.45) is 9.80. The van der Waals surface area contributed by atoms with E-state index >= 15 is 0 Å². The third kappa shape index (κ3) is 2.77. The summed E-state index contributed by atoms with van der Waals surface area (Å²) >= 11 is 3.49. The van der Waals surface area contributed by atoms with Crippen LogP contribution >= 0.6 is 15.9 Å². The predicted octanol–water partition coefficient (Wildman–Crippen LogP) is 3.71. The average molecular weight is 309 g/mol. The highest BCUT2D eigenvalue weighted by atomic mass is 79.9. The van der Waals surface area contributed by atoms with Gasteiger partial charge in [0.1, 0.15) is 0 Å². The van der Waals surface area contributed by atoms with E-state index in [9.17, 15) is 0 Å². The van der Waals surface area contributed by atoms with E-state index in [4.69, 9.17) is 0 Å². The van der Waals surface area contributed by atoms with Gasteiger partial charge in [0, 0.05) is 30.0 Å². The monoisotopic (exact) mass is 308 g/mol. The van der Waals surface area contributed by atoms with Gasteiger partial charge in [0.25, 0.3) is 0 Å². The number of fused-ring (bicyclic) bond motifs is 2. The SMILES string of the molecule is CN(Cc1cncc(Br)c1)CC1CC2CCC1C2. The molecule has 1 aromatic rings. The van der Waals surface area contributed by atoms with Gasteiger partial charge in [0.05, 0.1) is 0 Å². The van der Waals surface area contributed by atoms with Gasteiger partial charge < -0.3 is 4.90 Å². The lowest BCUT2D eigenvalue weighted by Crippen LogP contribution is -2.28. The maximum absolute atomic E-state index is 4.23. The molecular formula is C15H21BrN2. The second-order valence-electron chi connectivity index (χ2n) is 6.14. The van der Waals surface area contributed by atoms with Gasteiger partial charge in [-0.2, -0.15) is 0 Å². The third-order valence-corrected chi connectivity index (χ3v) is 5.08. The third-order valence-electron chi connectivity index (χ3n) is 4.64. The van der Waals surface area contributed by atoms with Crippen LogP contribution in [0.3, 0.4) is 0 Å². The number of rotatable bonds is 4. The Balaban J connectivity index is 1.54. The fourth-order valence-electron chi connectivity index (χ4n) is 3.92. The van der Waals surface area contributed by atoms with E-state index in [-0.39, 0.29) is 0 Å². The molecule has 3 atom stereocenters. The zero-order valence-electron chi connectivity index (χ0n) is 11.0. The van der Waals surface area contributed by atoms with Crippen LogP contribution < -0.4 is 0 Å². The van der Waals surface area contributed by atoms with Crippen molar-refractivity contribution in [1.82, 2.24) is 9.88 Å². The van der Waals surface area contributed by atoms with Crippen LogP contribution in [0.25, 0.3) is 0 Å². The maximum Gasteiger partial charge on any atom is 0.0410 e. The van der Waals surface area contributed by atoms with E-state index in [1.165, 1.54) is 37.8 Å². The van der Waals surface area contributed by atoms with Crippen molar-refractivity contribution >= 4 is 15.9 Å². The summed E-state index contributed by atoms with van der Waals surface area (Å²) in [5.74, 6) is 3.04. The average Bonchev–Trinajstić information content (AvgIpc) is 2.90. The summed E-state index contributed by atoms with van der Waals surface area (Å²) < 4.78 is 1.08. The molecule has 2 nitrogen and oxygen atoms in total. The van der Waals surface area contributed by atoms with E-state index in [0.717, 1.165) is 28.8 Å². The molecule has 18 heavy (non-hydrogen) atoms. The smallest absolute Gasteiger partial charge is 0.0410 e. The van der Waals surface area contributed by atoms with Crippen molar-refractivity contribution in [2.75, 3.05) is 13.6 Å². The van der Waals surface area contributed by atoms with Gasteiger partial charge in [-0.25, -0.2) is 0 Å². The zero-order chi connectivity index (χ0) is 12.5. The summed E-state index contributed by atoms with van der Waals surface area (Å²) in [5, 5.41) is 0. The predicted molar refractivity (Wildman–Crippen MR) is 77.2 cm³/mol. The first-order valence-electron chi connectivity index (χ1n) is 6.98. The largest absolute Gasteiger partial charge is 0.302 e. The number of aromatic nitrogens is 1. The van der Waals surface area contributed by atoms with Gasteiger partial charge in [0.15, 0.2) is 0 Å². The van der Waals surface area contributed by atoms with Crippen molar-refractivity contribution in [2.24, 2.45) is 17.8 Å². The minimum absolute atomic E-state index is 0.953. The van der Waals surface area contributed by atoms with Crippen LogP contribution in [0.2, 0.25) is 0 Å². The second kappa shape index (κ2) is 5.30. The maximum atomic E-state index is 4.23. The molecule has 0 aromatic carbocycles. The van der Waals surface area contributed by atoms with E-state index in [1.54, 1.807) is 0 Å². The van der Waals surface area contributed by atoms with Crippen molar-refractivity contribution in [3.05, 3.63) is 28.5 Å². The van der Waals surface area contributed by atoms with Crippen LogP contribution in [-0.2, 0) is 6.54 Å². The van der Waals surface area contributed by atoms with Gasteiger partial charge in [-0.1, -0.05) is 6.42 Å². The molecule has 0 spiro atoms. The molecule has 3 rings (SSSR count). The van der Waals surface area contributed by atoms with Crippen LogP contribution in [0.1, 0.15) is 31.2 Å². The lowest BCUT2D eigenvalue weighted by molar-refractivity contribution is 0.214. The standard InChI is InChI=1S/C15H21BrN2/c1-18(9-12-6-15(16)8-17-7-12)10-14-5-11-2-3-13(14)4-11/h6-8,11,13-14H,2-5,9-10H2,1H3. The first kappa shape index (κ1) is 12.6. The molecule has 1 aromatic heterocycles. The van der Waals surface area contributed by atoms with Crippen LogP contribution in [0, 0.1) is 17.8 Å². The fourth-order valence-corrected chi connectivity index (χ4v) is 4.33. The first-order chi connectivity index (χ1) is 8.70. The molecule has 0 radical (unpaired) electrons. The molecule has 1 heterocycles. The zero-order valence-corrected chi connectivity index (χ0v) is 12.6. The van der Waals surface area contributed by atoms with Crippen LogP contribution in [-0.4, -0.2) is 23.5 Å². The summed E-state index contributed by atoms with van der Waals surface area (Å²) in [6, 6.07) is 2.17. The highest BCUT2D eigenvalue weighted by molar-refractivity contribution is 9.10. The van der Waals surface area contributed by atoms with Crippen LogP contribution in [0.4, 0.5) is 0 Å². The molecule has 0 amide bonds. The Kier molecular flexibility index (Phi) is 3.71. The molecule has 0 aliphatic heterocycles. The molecule has 2 aliphatic rings. The van der Waals surface area contributed by atoms with Gasteiger partial charge in [-0.3, -0.25) is 4.98 Å². The quantitative estimate of drug-likeness (QED) is 0.843. The number of hydrogen-bond donors (Lipinski definition) is 0. The van der Waals surface area contributed by atoms with Crippen molar-refractivity contribution in [3.8, 4) is 0 Å². The minimum Gasteiger partial charge on any atom is -0.302 e. The lowest BCUT2D eigenvalue weighted by Gasteiger charge is -2.27. The van der Waals surface area contributed by atoms with Gasteiger partial charge in [-0.15, -0.1) is 0 Å². The Hall–Kier alpha value is -0.410. The minimum atomic E-state index is 0.953. The highest BCUT2D eigenvalue weighted by Gasteiger charge is 2.39. The van der Waals surface area contributed by atoms with E-state index in [1.807, 2.05) is 12.4 Å². The Morgan fingerprint density at radius 3 is 2.89 bits per heavy atom. The van der Waals surface area contributed by atoms with Crippen molar-refractivity contribution in [2.45, 2.75) is 32.2 Å². The molecule has 0 N–H and O–H groups in total. The Labute approximate surface area is 118 Å². The number of pyridine rings is 1. The fraction of sp³-hybridized carbons (Fsp3) is 0.667. The van der Waals surface area contributed by atoms with Crippen LogP contribution in [0.5, 0.6) is 0 Å². The molecule has 98 valence electrons. The molecule has 2 saturated carbocycles.